The lowest BCUT2D eigenvalue weighted by atomic mass is 10.1. The molecule has 1 heterocycles. The predicted octanol–water partition coefficient (Wildman–Crippen LogP) is 1.54. The van der Waals surface area contributed by atoms with Gasteiger partial charge in [-0.3, -0.25) is 0 Å². The molecule has 0 aliphatic carbocycles. The molecule has 1 rings (SSSR count). The highest BCUT2D eigenvalue weighted by molar-refractivity contribution is 5.35. The third kappa shape index (κ3) is 4.16. The highest BCUT2D eigenvalue weighted by atomic mass is 16.3. The molecule has 0 amide bonds. The van der Waals surface area contributed by atoms with Crippen molar-refractivity contribution in [2.45, 2.75) is 32.4 Å². The van der Waals surface area contributed by atoms with E-state index in [1.54, 1.807) is 6.20 Å². The molecule has 0 saturated heterocycles. The van der Waals surface area contributed by atoms with Crippen molar-refractivity contribution >= 4 is 5.82 Å². The summed E-state index contributed by atoms with van der Waals surface area (Å²) >= 11 is 0. The Labute approximate surface area is 97.1 Å². The Morgan fingerprint density at radius 1 is 1.38 bits per heavy atom. The van der Waals surface area contributed by atoms with Gasteiger partial charge in [0.05, 0.1) is 6.10 Å². The molecular weight excluding hydrogens is 202 g/mol. The van der Waals surface area contributed by atoms with Gasteiger partial charge in [-0.1, -0.05) is 6.07 Å². The number of rotatable bonds is 4. The molecule has 90 valence electrons. The molecule has 16 heavy (non-hydrogen) atoms. The van der Waals surface area contributed by atoms with E-state index in [-0.39, 0.29) is 5.54 Å². The molecule has 4 nitrogen and oxygen atoms in total. The molecule has 0 bridgehead atoms. The minimum Gasteiger partial charge on any atom is -0.387 e. The summed E-state index contributed by atoms with van der Waals surface area (Å²) in [5, 5.41) is 16.1. The number of pyridine rings is 1. The monoisotopic (exact) mass is 223 g/mol. The van der Waals surface area contributed by atoms with Crippen LogP contribution in [0.25, 0.3) is 0 Å². The van der Waals surface area contributed by atoms with Crippen molar-refractivity contribution < 1.29 is 5.11 Å². The van der Waals surface area contributed by atoms with Crippen LogP contribution in [-0.2, 0) is 0 Å². The first-order valence-corrected chi connectivity index (χ1v) is 5.49. The molecule has 1 aromatic rings. The minimum atomic E-state index is -0.516. The number of aliphatic hydroxyl groups excluding tert-OH is 1. The second-order valence-corrected chi connectivity index (χ2v) is 4.87. The van der Waals surface area contributed by atoms with Crippen LogP contribution in [0.15, 0.2) is 18.3 Å². The van der Waals surface area contributed by atoms with Crippen LogP contribution in [0.1, 0.15) is 32.4 Å². The second kappa shape index (κ2) is 5.27. The SMILES string of the molecule is CNc1ccc([C@@H](O)CNC(C)(C)C)cn1. The van der Waals surface area contributed by atoms with Crippen LogP contribution in [0.4, 0.5) is 5.82 Å². The van der Waals surface area contributed by atoms with E-state index in [0.29, 0.717) is 6.54 Å². The predicted molar refractivity (Wildman–Crippen MR) is 66.5 cm³/mol. The van der Waals surface area contributed by atoms with E-state index >= 15 is 0 Å². The van der Waals surface area contributed by atoms with Crippen LogP contribution >= 0.6 is 0 Å². The average molecular weight is 223 g/mol. The number of hydrogen-bond donors (Lipinski definition) is 3. The summed E-state index contributed by atoms with van der Waals surface area (Å²) in [6.07, 6.45) is 1.18. The Balaban J connectivity index is 2.56. The minimum absolute atomic E-state index is 0.0132. The van der Waals surface area contributed by atoms with Crippen molar-refractivity contribution in [2.75, 3.05) is 18.9 Å². The summed E-state index contributed by atoms with van der Waals surface area (Å²) in [5.41, 5.74) is 0.843. The maximum absolute atomic E-state index is 9.92. The van der Waals surface area contributed by atoms with Gasteiger partial charge in [0.15, 0.2) is 0 Å². The van der Waals surface area contributed by atoms with E-state index in [2.05, 4.69) is 36.4 Å². The first kappa shape index (κ1) is 12.9. The molecule has 0 aromatic carbocycles. The van der Waals surface area contributed by atoms with Crippen molar-refractivity contribution in [2.24, 2.45) is 0 Å². The molecule has 0 saturated carbocycles. The number of nitrogens with zero attached hydrogens (tertiary/aromatic N) is 1. The van der Waals surface area contributed by atoms with Gasteiger partial charge in [-0.05, 0) is 26.8 Å². The van der Waals surface area contributed by atoms with Crippen LogP contribution in [-0.4, -0.2) is 29.2 Å². The smallest absolute Gasteiger partial charge is 0.125 e. The Hall–Kier alpha value is -1.13. The summed E-state index contributed by atoms with van der Waals surface area (Å²) < 4.78 is 0. The average Bonchev–Trinajstić information content (AvgIpc) is 2.25. The normalized spacial score (nSPS) is 13.6. The number of β-amino-alcohol motifs (C(OH)–C–C–N with tert-alkyl or cyclic N) is 1. The highest BCUT2D eigenvalue weighted by Crippen LogP contribution is 2.13. The van der Waals surface area contributed by atoms with Gasteiger partial charge in [0.2, 0.25) is 0 Å². The summed E-state index contributed by atoms with van der Waals surface area (Å²) in [6, 6.07) is 3.74. The van der Waals surface area contributed by atoms with Crippen molar-refractivity contribution in [3.8, 4) is 0 Å². The zero-order valence-electron chi connectivity index (χ0n) is 10.4. The van der Waals surface area contributed by atoms with Crippen LogP contribution in [0.2, 0.25) is 0 Å². The van der Waals surface area contributed by atoms with Crippen molar-refractivity contribution in [1.82, 2.24) is 10.3 Å². The molecule has 1 aromatic heterocycles. The third-order valence-electron chi connectivity index (χ3n) is 2.25. The second-order valence-electron chi connectivity index (χ2n) is 4.87. The molecule has 0 spiro atoms. The lowest BCUT2D eigenvalue weighted by molar-refractivity contribution is 0.163. The Bertz CT molecular complexity index is 316. The fourth-order valence-corrected chi connectivity index (χ4v) is 1.27. The number of aliphatic hydroxyl groups is 1. The summed E-state index contributed by atoms with van der Waals surface area (Å²) in [7, 11) is 1.82. The maximum Gasteiger partial charge on any atom is 0.125 e. The van der Waals surface area contributed by atoms with Crippen LogP contribution in [0, 0.1) is 0 Å². The van der Waals surface area contributed by atoms with Crippen molar-refractivity contribution in [3.05, 3.63) is 23.9 Å². The van der Waals surface area contributed by atoms with Crippen LogP contribution in [0.5, 0.6) is 0 Å². The summed E-state index contributed by atoms with van der Waals surface area (Å²) in [6.45, 7) is 6.75. The van der Waals surface area contributed by atoms with Gasteiger partial charge < -0.3 is 15.7 Å². The van der Waals surface area contributed by atoms with Gasteiger partial charge in [-0.2, -0.15) is 0 Å². The lowest BCUT2D eigenvalue weighted by Crippen LogP contribution is -2.38. The Kier molecular flexibility index (Phi) is 4.26. The first-order valence-electron chi connectivity index (χ1n) is 5.49. The van der Waals surface area contributed by atoms with Crippen molar-refractivity contribution in [1.29, 1.82) is 0 Å². The van der Waals surface area contributed by atoms with E-state index < -0.39 is 6.10 Å². The van der Waals surface area contributed by atoms with E-state index in [0.717, 1.165) is 11.4 Å². The number of nitrogens with one attached hydrogen (secondary N) is 2. The van der Waals surface area contributed by atoms with Gasteiger partial charge in [0.25, 0.3) is 0 Å². The molecule has 0 aliphatic heterocycles. The lowest BCUT2D eigenvalue weighted by Gasteiger charge is -2.22. The molecule has 3 N–H and O–H groups in total. The van der Waals surface area contributed by atoms with Crippen LogP contribution in [0.3, 0.4) is 0 Å². The molecule has 0 radical (unpaired) electrons. The van der Waals surface area contributed by atoms with E-state index in [1.165, 1.54) is 0 Å². The van der Waals surface area contributed by atoms with E-state index in [4.69, 9.17) is 0 Å². The highest BCUT2D eigenvalue weighted by Gasteiger charge is 2.13. The van der Waals surface area contributed by atoms with E-state index in [9.17, 15) is 5.11 Å². The Morgan fingerprint density at radius 3 is 2.50 bits per heavy atom. The number of anilines is 1. The molecule has 1 atom stereocenters. The van der Waals surface area contributed by atoms with Gasteiger partial charge in [0.1, 0.15) is 5.82 Å². The molecule has 0 aliphatic rings. The number of hydrogen-bond acceptors (Lipinski definition) is 4. The quantitative estimate of drug-likeness (QED) is 0.725. The summed E-state index contributed by atoms with van der Waals surface area (Å²) in [4.78, 5) is 4.16. The topological polar surface area (TPSA) is 57.2 Å². The van der Waals surface area contributed by atoms with E-state index in [1.807, 2.05) is 19.2 Å². The standard InChI is InChI=1S/C12H21N3O/c1-12(2,3)15-8-10(16)9-5-6-11(13-4)14-7-9/h5-7,10,15-16H,8H2,1-4H3,(H,13,14)/t10-/m0/s1. The molecular formula is C12H21N3O. The Morgan fingerprint density at radius 2 is 2.06 bits per heavy atom. The maximum atomic E-state index is 9.92. The largest absolute Gasteiger partial charge is 0.387 e. The van der Waals surface area contributed by atoms with Crippen LogP contribution < -0.4 is 10.6 Å². The van der Waals surface area contributed by atoms with Crippen molar-refractivity contribution in [3.63, 3.8) is 0 Å². The fraction of sp³-hybridized carbons (Fsp3) is 0.583. The number of aromatic nitrogens is 1. The molecule has 4 heteroatoms. The van der Waals surface area contributed by atoms with Gasteiger partial charge in [-0.15, -0.1) is 0 Å². The van der Waals surface area contributed by atoms with Gasteiger partial charge >= 0.3 is 0 Å². The van der Waals surface area contributed by atoms with Gasteiger partial charge in [0, 0.05) is 30.9 Å². The zero-order chi connectivity index (χ0) is 12.2. The van der Waals surface area contributed by atoms with Gasteiger partial charge in [-0.25, -0.2) is 4.98 Å². The first-order chi connectivity index (χ1) is 7.42. The fourth-order valence-electron chi connectivity index (χ4n) is 1.27. The zero-order valence-corrected chi connectivity index (χ0v) is 10.4. The molecule has 0 unspecified atom stereocenters. The molecule has 0 fully saturated rings. The third-order valence-corrected chi connectivity index (χ3v) is 2.25. The summed E-state index contributed by atoms with van der Waals surface area (Å²) in [5.74, 6) is 0.805.